The van der Waals surface area contributed by atoms with Crippen LogP contribution in [0.5, 0.6) is 0 Å². The second-order valence-corrected chi connectivity index (χ2v) is 8.23. The zero-order chi connectivity index (χ0) is 15.6. The van der Waals surface area contributed by atoms with Crippen molar-refractivity contribution in [3.63, 3.8) is 0 Å². The van der Waals surface area contributed by atoms with Crippen molar-refractivity contribution in [1.82, 2.24) is 5.43 Å². The van der Waals surface area contributed by atoms with Gasteiger partial charge in [-0.3, -0.25) is 4.79 Å². The molecule has 2 atom stereocenters. The van der Waals surface area contributed by atoms with Crippen LogP contribution in [0.15, 0.2) is 28.9 Å². The summed E-state index contributed by atoms with van der Waals surface area (Å²) in [4.78, 5) is 12.0. The Kier molecular flexibility index (Phi) is 4.66. The number of sulfone groups is 1. The lowest BCUT2D eigenvalue weighted by molar-refractivity contribution is -0.124. The van der Waals surface area contributed by atoms with E-state index in [4.69, 9.17) is 0 Å². The van der Waals surface area contributed by atoms with Gasteiger partial charge in [0.15, 0.2) is 9.84 Å². The van der Waals surface area contributed by atoms with Gasteiger partial charge in [0.25, 0.3) is 0 Å². The van der Waals surface area contributed by atoms with E-state index in [9.17, 15) is 13.2 Å². The van der Waals surface area contributed by atoms with E-state index in [1.54, 1.807) is 0 Å². The fourth-order valence-electron chi connectivity index (χ4n) is 2.64. The summed E-state index contributed by atoms with van der Waals surface area (Å²) in [6.07, 6.45) is 4.21. The van der Waals surface area contributed by atoms with Crippen molar-refractivity contribution in [2.24, 2.45) is 16.9 Å². The van der Waals surface area contributed by atoms with Crippen LogP contribution in [0.4, 0.5) is 0 Å². The van der Waals surface area contributed by atoms with Crippen molar-refractivity contribution in [3.8, 4) is 0 Å². The van der Waals surface area contributed by atoms with E-state index < -0.39 is 15.8 Å². The SMILES string of the molecule is C=C(C)[C@@H]1CC=C(C)/C(=N\NC(=O)C2CCS(=O)(=O)C2)C1. The molecule has 0 saturated carbocycles. The molecule has 116 valence electrons. The number of carbonyl (C=O) groups excluding carboxylic acids is 1. The normalized spacial score (nSPS) is 30.0. The summed E-state index contributed by atoms with van der Waals surface area (Å²) < 4.78 is 22.8. The molecule has 1 saturated heterocycles. The quantitative estimate of drug-likeness (QED) is 0.638. The molecule has 2 aliphatic rings. The van der Waals surface area contributed by atoms with Crippen LogP contribution >= 0.6 is 0 Å². The first-order valence-corrected chi connectivity index (χ1v) is 9.00. The average Bonchev–Trinajstić information content (AvgIpc) is 2.77. The highest BCUT2D eigenvalue weighted by molar-refractivity contribution is 7.91. The van der Waals surface area contributed by atoms with E-state index in [-0.39, 0.29) is 17.4 Å². The molecule has 0 aromatic rings. The second kappa shape index (κ2) is 6.13. The van der Waals surface area contributed by atoms with Crippen LogP contribution in [0.3, 0.4) is 0 Å². The fourth-order valence-corrected chi connectivity index (χ4v) is 4.38. The largest absolute Gasteiger partial charge is 0.273 e. The minimum absolute atomic E-state index is 0.0626. The van der Waals surface area contributed by atoms with Gasteiger partial charge in [-0.05, 0) is 44.6 Å². The van der Waals surface area contributed by atoms with Crippen LogP contribution in [0, 0.1) is 11.8 Å². The number of nitrogens with zero attached hydrogens (tertiary/aromatic N) is 1. The summed E-state index contributed by atoms with van der Waals surface area (Å²) in [5.74, 6) is -0.375. The highest BCUT2D eigenvalue weighted by Gasteiger charge is 2.33. The predicted octanol–water partition coefficient (Wildman–Crippen LogP) is 1.83. The zero-order valence-corrected chi connectivity index (χ0v) is 13.4. The standard InChI is InChI=1S/C15H22N2O3S/c1-10(2)12-5-4-11(3)14(8-12)16-17-15(18)13-6-7-21(19,20)9-13/h4,12-13H,1,5-9H2,2-3H3,(H,17,18)/b16-14-/t12-,13?/m1/s1. The summed E-state index contributed by atoms with van der Waals surface area (Å²) in [6, 6.07) is 0. The maximum atomic E-state index is 12.0. The minimum Gasteiger partial charge on any atom is -0.273 e. The number of allylic oxidation sites excluding steroid dienone is 3. The minimum atomic E-state index is -3.05. The molecule has 6 heteroatoms. The summed E-state index contributed by atoms with van der Waals surface area (Å²) in [5.41, 5.74) is 5.56. The van der Waals surface area contributed by atoms with Crippen LogP contribution in [-0.4, -0.2) is 31.5 Å². The molecule has 0 aromatic carbocycles. The van der Waals surface area contributed by atoms with E-state index in [2.05, 4.69) is 23.2 Å². The van der Waals surface area contributed by atoms with Gasteiger partial charge in [0, 0.05) is 0 Å². The molecule has 1 N–H and O–H groups in total. The third kappa shape index (κ3) is 4.03. The highest BCUT2D eigenvalue weighted by Crippen LogP contribution is 2.26. The third-order valence-electron chi connectivity index (χ3n) is 4.20. The lowest BCUT2D eigenvalue weighted by atomic mass is 9.85. The number of rotatable bonds is 3. The molecular weight excluding hydrogens is 288 g/mol. The first-order chi connectivity index (χ1) is 9.78. The van der Waals surface area contributed by atoms with Gasteiger partial charge in [-0.1, -0.05) is 18.2 Å². The fraction of sp³-hybridized carbons (Fsp3) is 0.600. The first-order valence-electron chi connectivity index (χ1n) is 7.18. The van der Waals surface area contributed by atoms with Gasteiger partial charge in [0.2, 0.25) is 5.91 Å². The number of hydrogen-bond donors (Lipinski definition) is 1. The molecule has 1 aliphatic heterocycles. The van der Waals surface area contributed by atoms with Crippen molar-refractivity contribution in [2.45, 2.75) is 33.1 Å². The monoisotopic (exact) mass is 310 g/mol. The first kappa shape index (κ1) is 15.9. The van der Waals surface area contributed by atoms with Gasteiger partial charge >= 0.3 is 0 Å². The average molecular weight is 310 g/mol. The Labute approximate surface area is 126 Å². The molecule has 21 heavy (non-hydrogen) atoms. The van der Waals surface area contributed by atoms with Crippen molar-refractivity contribution in [3.05, 3.63) is 23.8 Å². The van der Waals surface area contributed by atoms with Crippen LogP contribution in [0.25, 0.3) is 0 Å². The van der Waals surface area contributed by atoms with Gasteiger partial charge in [-0.2, -0.15) is 5.10 Å². The smallest absolute Gasteiger partial charge is 0.244 e. The van der Waals surface area contributed by atoms with Crippen LogP contribution in [-0.2, 0) is 14.6 Å². The van der Waals surface area contributed by atoms with Crippen LogP contribution < -0.4 is 5.43 Å². The van der Waals surface area contributed by atoms with E-state index in [1.165, 1.54) is 0 Å². The molecule has 1 amide bonds. The van der Waals surface area contributed by atoms with Gasteiger partial charge < -0.3 is 0 Å². The Bertz CT molecular complexity index is 617. The molecule has 1 unspecified atom stereocenters. The molecule has 0 radical (unpaired) electrons. The third-order valence-corrected chi connectivity index (χ3v) is 5.97. The van der Waals surface area contributed by atoms with Crippen molar-refractivity contribution < 1.29 is 13.2 Å². The van der Waals surface area contributed by atoms with Crippen LogP contribution in [0.1, 0.15) is 33.1 Å². The van der Waals surface area contributed by atoms with Gasteiger partial charge in [-0.25, -0.2) is 13.8 Å². The maximum absolute atomic E-state index is 12.0. The summed E-state index contributed by atoms with van der Waals surface area (Å²) in [5, 5.41) is 4.20. The molecular formula is C15H22N2O3S. The topological polar surface area (TPSA) is 75.6 Å². The Morgan fingerprint density at radius 2 is 2.14 bits per heavy atom. The Hall–Kier alpha value is -1.43. The highest BCUT2D eigenvalue weighted by atomic mass is 32.2. The zero-order valence-electron chi connectivity index (χ0n) is 12.6. The number of hydrogen-bond acceptors (Lipinski definition) is 4. The number of nitrogens with one attached hydrogen (secondary N) is 1. The van der Waals surface area contributed by atoms with E-state index in [0.29, 0.717) is 12.3 Å². The van der Waals surface area contributed by atoms with E-state index in [0.717, 1.165) is 29.7 Å². The molecule has 1 aliphatic carbocycles. The maximum Gasteiger partial charge on any atom is 0.244 e. The van der Waals surface area contributed by atoms with E-state index >= 15 is 0 Å². The molecule has 0 spiro atoms. The molecule has 5 nitrogen and oxygen atoms in total. The molecule has 0 bridgehead atoms. The van der Waals surface area contributed by atoms with Crippen molar-refractivity contribution in [1.29, 1.82) is 0 Å². The van der Waals surface area contributed by atoms with Crippen molar-refractivity contribution >= 4 is 21.5 Å². The summed E-state index contributed by atoms with van der Waals surface area (Å²) in [7, 11) is -3.05. The molecule has 0 aromatic heterocycles. The van der Waals surface area contributed by atoms with Crippen molar-refractivity contribution in [2.75, 3.05) is 11.5 Å². The lowest BCUT2D eigenvalue weighted by Gasteiger charge is -2.22. The Balaban J connectivity index is 2.00. The molecule has 2 rings (SSSR count). The molecule has 1 fully saturated rings. The predicted molar refractivity (Wildman–Crippen MR) is 83.6 cm³/mol. The van der Waals surface area contributed by atoms with Crippen LogP contribution in [0.2, 0.25) is 0 Å². The molecule has 1 heterocycles. The van der Waals surface area contributed by atoms with Gasteiger partial charge in [0.05, 0.1) is 23.1 Å². The lowest BCUT2D eigenvalue weighted by Crippen LogP contribution is -2.29. The number of amides is 1. The number of carbonyl (C=O) groups is 1. The summed E-state index contributed by atoms with van der Waals surface area (Å²) in [6.45, 7) is 7.94. The second-order valence-electron chi connectivity index (χ2n) is 6.00. The Morgan fingerprint density at radius 3 is 2.71 bits per heavy atom. The number of hydrazone groups is 1. The Morgan fingerprint density at radius 1 is 1.43 bits per heavy atom. The van der Waals surface area contributed by atoms with E-state index in [1.807, 2.05) is 13.8 Å². The van der Waals surface area contributed by atoms with Gasteiger partial charge in [-0.15, -0.1) is 0 Å². The summed E-state index contributed by atoms with van der Waals surface area (Å²) >= 11 is 0. The van der Waals surface area contributed by atoms with Gasteiger partial charge in [0.1, 0.15) is 0 Å².